The first-order valence-corrected chi connectivity index (χ1v) is 6.83. The summed E-state index contributed by atoms with van der Waals surface area (Å²) in [5, 5.41) is 15.1. The second-order valence-corrected chi connectivity index (χ2v) is 5.87. The smallest absolute Gasteiger partial charge is 0.272 e. The standard InChI is InChI=1S/C11H9Cl2N3O2S/c1-6-14-4-8(19-6)5-15-11-9(12)2-7(16(17)18)3-10(11)13/h2-4,15H,5H2,1H3. The highest BCUT2D eigenvalue weighted by molar-refractivity contribution is 7.11. The van der Waals surface area contributed by atoms with E-state index in [1.807, 2.05) is 6.92 Å². The number of hydrogen-bond donors (Lipinski definition) is 1. The van der Waals surface area contributed by atoms with Gasteiger partial charge in [-0.2, -0.15) is 0 Å². The number of nitro groups is 1. The van der Waals surface area contributed by atoms with Crippen molar-refractivity contribution in [1.29, 1.82) is 0 Å². The maximum Gasteiger partial charge on any atom is 0.272 e. The Morgan fingerprint density at radius 3 is 2.53 bits per heavy atom. The number of hydrogen-bond acceptors (Lipinski definition) is 5. The van der Waals surface area contributed by atoms with Crippen molar-refractivity contribution in [3.8, 4) is 0 Å². The quantitative estimate of drug-likeness (QED) is 0.675. The van der Waals surface area contributed by atoms with Gasteiger partial charge in [0, 0.05) is 23.2 Å². The van der Waals surface area contributed by atoms with Crippen LogP contribution in [0.15, 0.2) is 18.3 Å². The highest BCUT2D eigenvalue weighted by Gasteiger charge is 2.14. The first-order valence-electron chi connectivity index (χ1n) is 5.26. The van der Waals surface area contributed by atoms with Crippen LogP contribution >= 0.6 is 34.5 Å². The Bertz CT molecular complexity index is 607. The van der Waals surface area contributed by atoms with Crippen molar-refractivity contribution in [2.24, 2.45) is 0 Å². The van der Waals surface area contributed by atoms with E-state index >= 15 is 0 Å². The minimum absolute atomic E-state index is 0.130. The minimum Gasteiger partial charge on any atom is -0.378 e. The highest BCUT2D eigenvalue weighted by Crippen LogP contribution is 2.35. The van der Waals surface area contributed by atoms with Crippen LogP contribution < -0.4 is 5.32 Å². The first-order chi connectivity index (χ1) is 8.97. The fraction of sp³-hybridized carbons (Fsp3) is 0.182. The molecule has 2 rings (SSSR count). The fourth-order valence-electron chi connectivity index (χ4n) is 1.50. The lowest BCUT2D eigenvalue weighted by molar-refractivity contribution is -0.384. The molecule has 0 fully saturated rings. The highest BCUT2D eigenvalue weighted by atomic mass is 35.5. The first kappa shape index (κ1) is 14.0. The lowest BCUT2D eigenvalue weighted by atomic mass is 10.2. The summed E-state index contributed by atoms with van der Waals surface area (Å²) in [6, 6.07) is 2.54. The lowest BCUT2D eigenvalue weighted by Crippen LogP contribution is -2.00. The molecule has 0 amide bonds. The maximum atomic E-state index is 10.7. The molecule has 0 bridgehead atoms. The minimum atomic E-state index is -0.534. The lowest BCUT2D eigenvalue weighted by Gasteiger charge is -2.09. The molecular formula is C11H9Cl2N3O2S. The predicted molar refractivity (Wildman–Crippen MR) is 77.3 cm³/mol. The number of benzene rings is 1. The molecule has 1 aromatic carbocycles. The number of thiazole rings is 1. The molecule has 0 saturated heterocycles. The van der Waals surface area contributed by atoms with Crippen LogP contribution in [0.3, 0.4) is 0 Å². The molecule has 0 aliphatic heterocycles. The Balaban J connectivity index is 2.18. The van der Waals surface area contributed by atoms with Crippen LogP contribution in [0.2, 0.25) is 10.0 Å². The number of nitrogens with one attached hydrogen (secondary N) is 1. The molecule has 1 heterocycles. The van der Waals surface area contributed by atoms with E-state index in [0.717, 1.165) is 9.88 Å². The average Bonchev–Trinajstić information content (AvgIpc) is 2.73. The second-order valence-electron chi connectivity index (χ2n) is 3.74. The van der Waals surface area contributed by atoms with Gasteiger partial charge >= 0.3 is 0 Å². The van der Waals surface area contributed by atoms with E-state index in [9.17, 15) is 10.1 Å². The average molecular weight is 318 g/mol. The monoisotopic (exact) mass is 317 g/mol. The van der Waals surface area contributed by atoms with Crippen molar-refractivity contribution < 1.29 is 4.92 Å². The number of aryl methyl sites for hydroxylation is 1. The molecular weight excluding hydrogens is 309 g/mol. The van der Waals surface area contributed by atoms with Gasteiger partial charge in [-0.05, 0) is 6.92 Å². The number of nitro benzene ring substituents is 1. The van der Waals surface area contributed by atoms with Gasteiger partial charge in [-0.25, -0.2) is 4.98 Å². The van der Waals surface area contributed by atoms with Crippen LogP contribution in [0.1, 0.15) is 9.88 Å². The van der Waals surface area contributed by atoms with Crippen LogP contribution in [0.4, 0.5) is 11.4 Å². The topological polar surface area (TPSA) is 68.1 Å². The van der Waals surface area contributed by atoms with Gasteiger partial charge < -0.3 is 5.32 Å². The molecule has 0 aliphatic rings. The van der Waals surface area contributed by atoms with E-state index in [1.165, 1.54) is 12.1 Å². The third-order valence-electron chi connectivity index (χ3n) is 2.35. The Kier molecular flexibility index (Phi) is 4.24. The molecule has 19 heavy (non-hydrogen) atoms. The molecule has 1 aromatic heterocycles. The summed E-state index contributed by atoms with van der Waals surface area (Å²) >= 11 is 13.5. The van der Waals surface area contributed by atoms with Crippen molar-refractivity contribution in [2.75, 3.05) is 5.32 Å². The third kappa shape index (κ3) is 3.34. The molecule has 0 unspecified atom stereocenters. The Labute approximate surface area is 123 Å². The van der Waals surface area contributed by atoms with E-state index in [0.29, 0.717) is 12.2 Å². The van der Waals surface area contributed by atoms with E-state index in [4.69, 9.17) is 23.2 Å². The molecule has 1 N–H and O–H groups in total. The van der Waals surface area contributed by atoms with Crippen molar-refractivity contribution in [3.63, 3.8) is 0 Å². The molecule has 0 radical (unpaired) electrons. The van der Waals surface area contributed by atoms with Crippen LogP contribution in [-0.4, -0.2) is 9.91 Å². The molecule has 100 valence electrons. The van der Waals surface area contributed by atoms with Crippen LogP contribution in [-0.2, 0) is 6.54 Å². The molecule has 5 nitrogen and oxygen atoms in total. The van der Waals surface area contributed by atoms with Gasteiger partial charge in [-0.1, -0.05) is 23.2 Å². The SMILES string of the molecule is Cc1ncc(CNc2c(Cl)cc([N+](=O)[O-])cc2Cl)s1. The molecule has 0 atom stereocenters. The van der Waals surface area contributed by atoms with E-state index < -0.39 is 4.92 Å². The summed E-state index contributed by atoms with van der Waals surface area (Å²) < 4.78 is 0. The Hall–Kier alpha value is -1.37. The van der Waals surface area contributed by atoms with Crippen LogP contribution in [0, 0.1) is 17.0 Å². The fourth-order valence-corrected chi connectivity index (χ4v) is 2.84. The second kappa shape index (κ2) is 5.73. The summed E-state index contributed by atoms with van der Waals surface area (Å²) in [7, 11) is 0. The van der Waals surface area contributed by atoms with Gasteiger partial charge in [0.05, 0.1) is 32.2 Å². The molecule has 0 spiro atoms. The number of halogens is 2. The zero-order valence-electron chi connectivity index (χ0n) is 9.81. The van der Waals surface area contributed by atoms with Crippen molar-refractivity contribution >= 4 is 45.9 Å². The van der Waals surface area contributed by atoms with Gasteiger partial charge in [0.25, 0.3) is 5.69 Å². The predicted octanol–water partition coefficient (Wildman–Crippen LogP) is 4.28. The van der Waals surface area contributed by atoms with Gasteiger partial charge in [-0.15, -0.1) is 11.3 Å². The molecule has 0 saturated carbocycles. The number of nitrogens with zero attached hydrogens (tertiary/aromatic N) is 2. The number of aromatic nitrogens is 1. The van der Waals surface area contributed by atoms with Crippen LogP contribution in [0.5, 0.6) is 0 Å². The van der Waals surface area contributed by atoms with Crippen molar-refractivity contribution in [3.05, 3.63) is 48.4 Å². The van der Waals surface area contributed by atoms with Crippen molar-refractivity contribution in [2.45, 2.75) is 13.5 Å². The summed E-state index contributed by atoms with van der Waals surface area (Å²) in [6.07, 6.45) is 1.76. The molecule has 2 aromatic rings. The summed E-state index contributed by atoms with van der Waals surface area (Å²) in [4.78, 5) is 15.3. The summed E-state index contributed by atoms with van der Waals surface area (Å²) in [5.41, 5.74) is 0.356. The maximum absolute atomic E-state index is 10.7. The van der Waals surface area contributed by atoms with E-state index in [1.54, 1.807) is 17.5 Å². The van der Waals surface area contributed by atoms with E-state index in [-0.39, 0.29) is 15.7 Å². The Morgan fingerprint density at radius 1 is 1.42 bits per heavy atom. The van der Waals surface area contributed by atoms with Gasteiger partial charge in [0.1, 0.15) is 0 Å². The third-order valence-corrected chi connectivity index (χ3v) is 3.86. The molecule has 8 heteroatoms. The van der Waals surface area contributed by atoms with Gasteiger partial charge in [0.2, 0.25) is 0 Å². The van der Waals surface area contributed by atoms with Gasteiger partial charge in [0.15, 0.2) is 0 Å². The largest absolute Gasteiger partial charge is 0.378 e. The number of anilines is 1. The van der Waals surface area contributed by atoms with Crippen molar-refractivity contribution in [1.82, 2.24) is 4.98 Å². The zero-order chi connectivity index (χ0) is 14.0. The normalized spacial score (nSPS) is 10.5. The number of rotatable bonds is 4. The summed E-state index contributed by atoms with van der Waals surface area (Å²) in [5.74, 6) is 0. The Morgan fingerprint density at radius 2 is 2.05 bits per heavy atom. The molecule has 0 aliphatic carbocycles. The van der Waals surface area contributed by atoms with Gasteiger partial charge in [-0.3, -0.25) is 10.1 Å². The zero-order valence-corrected chi connectivity index (χ0v) is 12.1. The summed E-state index contributed by atoms with van der Waals surface area (Å²) in [6.45, 7) is 2.43. The number of non-ortho nitro benzene ring substituents is 1. The van der Waals surface area contributed by atoms with E-state index in [2.05, 4.69) is 10.3 Å². The van der Waals surface area contributed by atoms with Crippen LogP contribution in [0.25, 0.3) is 0 Å².